The van der Waals surface area contributed by atoms with Gasteiger partial charge in [-0.15, -0.1) is 0 Å². The van der Waals surface area contributed by atoms with E-state index in [9.17, 15) is 0 Å². The molecule has 0 unspecified atom stereocenters. The maximum absolute atomic E-state index is 2.70. The summed E-state index contributed by atoms with van der Waals surface area (Å²) >= 11 is 0. The Labute approximate surface area is 92.1 Å². The molecule has 86 valence electrons. The van der Waals surface area contributed by atoms with Crippen LogP contribution in [-0.4, -0.2) is 30.1 Å². The Morgan fingerprint density at radius 3 is 1.50 bits per heavy atom. The molecule has 0 N–H and O–H groups in total. The SMILES string of the molecule is CCCCP(CCCC)N(CC)CC. The Morgan fingerprint density at radius 2 is 1.21 bits per heavy atom. The Bertz CT molecular complexity index is 105. The van der Waals surface area contributed by atoms with E-state index in [1.165, 1.54) is 51.1 Å². The topological polar surface area (TPSA) is 3.24 Å². The number of rotatable bonds is 9. The molecule has 2 heteroatoms. The fourth-order valence-electron chi connectivity index (χ4n) is 1.70. The van der Waals surface area contributed by atoms with Gasteiger partial charge in [0.25, 0.3) is 0 Å². The molecule has 14 heavy (non-hydrogen) atoms. The van der Waals surface area contributed by atoms with Crippen LogP contribution in [0, 0.1) is 0 Å². The first kappa shape index (κ1) is 14.4. The minimum absolute atomic E-state index is 0.197. The summed E-state index contributed by atoms with van der Waals surface area (Å²) in [6, 6.07) is 0. The Balaban J connectivity index is 3.92. The van der Waals surface area contributed by atoms with Crippen LogP contribution in [0.25, 0.3) is 0 Å². The average molecular weight is 217 g/mol. The molecule has 0 atom stereocenters. The van der Waals surface area contributed by atoms with Crippen molar-refractivity contribution < 1.29 is 0 Å². The van der Waals surface area contributed by atoms with Gasteiger partial charge in [-0.2, -0.15) is 0 Å². The van der Waals surface area contributed by atoms with Crippen LogP contribution >= 0.6 is 8.07 Å². The maximum Gasteiger partial charge on any atom is -0.000766 e. The van der Waals surface area contributed by atoms with Crippen molar-refractivity contribution in [1.29, 1.82) is 0 Å². The standard InChI is InChI=1S/C12H28NP/c1-5-9-11-14(12-10-6-2)13(7-3)8-4/h5-12H2,1-4H3. The van der Waals surface area contributed by atoms with E-state index in [2.05, 4.69) is 32.4 Å². The largest absolute Gasteiger partial charge is 0.282 e. The normalized spacial score (nSPS) is 11.6. The van der Waals surface area contributed by atoms with Crippen LogP contribution < -0.4 is 0 Å². The van der Waals surface area contributed by atoms with Crippen LogP contribution in [0.2, 0.25) is 0 Å². The van der Waals surface area contributed by atoms with Gasteiger partial charge in [0.05, 0.1) is 0 Å². The van der Waals surface area contributed by atoms with E-state index < -0.39 is 0 Å². The number of hydrogen-bond acceptors (Lipinski definition) is 1. The van der Waals surface area contributed by atoms with E-state index in [4.69, 9.17) is 0 Å². The van der Waals surface area contributed by atoms with Crippen molar-refractivity contribution in [1.82, 2.24) is 4.67 Å². The molecule has 0 spiro atoms. The molecule has 0 aromatic rings. The molecule has 0 aromatic heterocycles. The van der Waals surface area contributed by atoms with E-state index in [1.54, 1.807) is 0 Å². The average Bonchev–Trinajstić information content (AvgIpc) is 2.22. The zero-order valence-electron chi connectivity index (χ0n) is 10.6. The molecule has 1 nitrogen and oxygen atoms in total. The lowest BCUT2D eigenvalue weighted by molar-refractivity contribution is 0.502. The first-order chi connectivity index (χ1) is 6.79. The third kappa shape index (κ3) is 5.98. The summed E-state index contributed by atoms with van der Waals surface area (Å²) in [5.74, 6) is 0. The first-order valence-electron chi connectivity index (χ1n) is 6.29. The van der Waals surface area contributed by atoms with Gasteiger partial charge in [0.15, 0.2) is 0 Å². The maximum atomic E-state index is 2.70. The summed E-state index contributed by atoms with van der Waals surface area (Å²) in [4.78, 5) is 0. The van der Waals surface area contributed by atoms with Crippen LogP contribution in [0.15, 0.2) is 0 Å². The van der Waals surface area contributed by atoms with E-state index in [1.807, 2.05) is 0 Å². The Hall–Kier alpha value is 0.390. The quantitative estimate of drug-likeness (QED) is 0.520. The van der Waals surface area contributed by atoms with Gasteiger partial charge in [-0.05, 0) is 46.3 Å². The lowest BCUT2D eigenvalue weighted by atomic mass is 10.4. The van der Waals surface area contributed by atoms with Gasteiger partial charge in [0.1, 0.15) is 0 Å². The lowest BCUT2D eigenvalue weighted by Crippen LogP contribution is -2.19. The second-order valence-electron chi connectivity index (χ2n) is 3.80. The van der Waals surface area contributed by atoms with Crippen LogP contribution in [0.4, 0.5) is 0 Å². The zero-order chi connectivity index (χ0) is 10.8. The number of hydrogen-bond donors (Lipinski definition) is 0. The highest BCUT2D eigenvalue weighted by Gasteiger charge is 2.13. The molecular formula is C12H28NP. The van der Waals surface area contributed by atoms with Crippen LogP contribution in [0.3, 0.4) is 0 Å². The molecule has 0 aromatic carbocycles. The summed E-state index contributed by atoms with van der Waals surface area (Å²) in [6.45, 7) is 11.7. The summed E-state index contributed by atoms with van der Waals surface area (Å²) in [5, 5.41) is 0. The monoisotopic (exact) mass is 217 g/mol. The van der Waals surface area contributed by atoms with Gasteiger partial charge in [-0.3, -0.25) is 4.67 Å². The van der Waals surface area contributed by atoms with Crippen molar-refractivity contribution in [2.45, 2.75) is 53.4 Å². The lowest BCUT2D eigenvalue weighted by Gasteiger charge is -2.29. The molecule has 0 saturated carbocycles. The van der Waals surface area contributed by atoms with Crippen LogP contribution in [0.1, 0.15) is 53.4 Å². The van der Waals surface area contributed by atoms with Gasteiger partial charge >= 0.3 is 0 Å². The minimum atomic E-state index is 0.197. The third-order valence-electron chi connectivity index (χ3n) is 2.67. The third-order valence-corrected chi connectivity index (χ3v) is 5.70. The molecule has 0 aliphatic rings. The number of unbranched alkanes of at least 4 members (excludes halogenated alkanes) is 2. The molecule has 0 amide bonds. The summed E-state index contributed by atoms with van der Waals surface area (Å²) in [7, 11) is 0.197. The summed E-state index contributed by atoms with van der Waals surface area (Å²) < 4.78 is 2.70. The van der Waals surface area contributed by atoms with Gasteiger partial charge in [-0.25, -0.2) is 0 Å². The summed E-state index contributed by atoms with van der Waals surface area (Å²) in [5.41, 5.74) is 0. The molecule has 0 saturated heterocycles. The highest BCUT2D eigenvalue weighted by atomic mass is 31.1. The zero-order valence-corrected chi connectivity index (χ0v) is 11.4. The molecule has 0 aliphatic carbocycles. The highest BCUT2D eigenvalue weighted by Crippen LogP contribution is 2.41. The van der Waals surface area contributed by atoms with E-state index in [0.717, 1.165) is 0 Å². The van der Waals surface area contributed by atoms with E-state index >= 15 is 0 Å². The highest BCUT2D eigenvalue weighted by molar-refractivity contribution is 7.55. The predicted octanol–water partition coefficient (Wildman–Crippen LogP) is 4.33. The van der Waals surface area contributed by atoms with Gasteiger partial charge in [0.2, 0.25) is 0 Å². The fourth-order valence-corrected chi connectivity index (χ4v) is 4.65. The molecule has 0 radical (unpaired) electrons. The number of nitrogens with zero attached hydrogens (tertiary/aromatic N) is 1. The van der Waals surface area contributed by atoms with Crippen molar-refractivity contribution >= 4 is 8.07 Å². The molecule has 0 fully saturated rings. The molecule has 0 aliphatic heterocycles. The summed E-state index contributed by atoms with van der Waals surface area (Å²) in [6.07, 6.45) is 8.48. The van der Waals surface area contributed by atoms with Gasteiger partial charge in [0, 0.05) is 0 Å². The molecular weight excluding hydrogens is 189 g/mol. The van der Waals surface area contributed by atoms with Crippen molar-refractivity contribution in [3.05, 3.63) is 0 Å². The van der Waals surface area contributed by atoms with Gasteiger partial charge in [-0.1, -0.05) is 40.5 Å². The molecule has 0 bridgehead atoms. The van der Waals surface area contributed by atoms with Crippen molar-refractivity contribution in [2.75, 3.05) is 25.4 Å². The van der Waals surface area contributed by atoms with Gasteiger partial charge < -0.3 is 0 Å². The molecule has 0 rings (SSSR count). The molecule has 0 heterocycles. The minimum Gasteiger partial charge on any atom is -0.282 e. The van der Waals surface area contributed by atoms with Crippen molar-refractivity contribution in [3.63, 3.8) is 0 Å². The van der Waals surface area contributed by atoms with E-state index in [0.29, 0.717) is 0 Å². The second kappa shape index (κ2) is 9.93. The van der Waals surface area contributed by atoms with Crippen LogP contribution in [-0.2, 0) is 0 Å². The Morgan fingerprint density at radius 1 is 0.786 bits per heavy atom. The van der Waals surface area contributed by atoms with E-state index in [-0.39, 0.29) is 8.07 Å². The fraction of sp³-hybridized carbons (Fsp3) is 1.00. The van der Waals surface area contributed by atoms with Crippen molar-refractivity contribution in [2.24, 2.45) is 0 Å². The first-order valence-corrected chi connectivity index (χ1v) is 7.96. The van der Waals surface area contributed by atoms with Crippen LogP contribution in [0.5, 0.6) is 0 Å². The smallest absolute Gasteiger partial charge is 0.000766 e. The predicted molar refractivity (Wildman–Crippen MR) is 69.4 cm³/mol. The Kier molecular flexibility index (Phi) is 10.2. The van der Waals surface area contributed by atoms with Crippen molar-refractivity contribution in [3.8, 4) is 0 Å². The second-order valence-corrected chi connectivity index (χ2v) is 6.27.